The lowest BCUT2D eigenvalue weighted by Gasteiger charge is -2.26. The number of hydrogen-bond acceptors (Lipinski definition) is 4. The highest BCUT2D eigenvalue weighted by molar-refractivity contribution is 5.76. The van der Waals surface area contributed by atoms with Crippen LogP contribution in [0.3, 0.4) is 0 Å². The Labute approximate surface area is 94.8 Å². The lowest BCUT2D eigenvalue weighted by Crippen LogP contribution is -2.33. The van der Waals surface area contributed by atoms with Crippen molar-refractivity contribution in [2.45, 2.75) is 25.8 Å². The minimum absolute atomic E-state index is 0.0115. The summed E-state index contributed by atoms with van der Waals surface area (Å²) in [6.07, 6.45) is 2.38. The Kier molecular flexibility index (Phi) is 2.83. The summed E-state index contributed by atoms with van der Waals surface area (Å²) >= 11 is 0. The van der Waals surface area contributed by atoms with E-state index in [-0.39, 0.29) is 5.54 Å². The first kappa shape index (κ1) is 11.0. The summed E-state index contributed by atoms with van der Waals surface area (Å²) in [6, 6.07) is 5.91. The number of hydrogen-bond donors (Lipinski definition) is 2. The molecule has 0 saturated carbocycles. The molecule has 1 aromatic heterocycles. The Bertz CT molecular complexity index is 476. The highest BCUT2D eigenvalue weighted by Gasteiger charge is 2.16. The fraction of sp³-hybridized carbons (Fsp3) is 0.417. The summed E-state index contributed by atoms with van der Waals surface area (Å²) in [4.78, 5) is 4.08. The summed E-state index contributed by atoms with van der Waals surface area (Å²) < 4.78 is 5.26. The van der Waals surface area contributed by atoms with Crippen LogP contribution >= 0.6 is 0 Å². The van der Waals surface area contributed by atoms with Gasteiger partial charge >= 0.3 is 0 Å². The van der Waals surface area contributed by atoms with Crippen molar-refractivity contribution in [1.29, 1.82) is 0 Å². The minimum Gasteiger partial charge on any atom is -0.443 e. The number of anilines is 1. The molecule has 1 heterocycles. The maximum atomic E-state index is 5.57. The van der Waals surface area contributed by atoms with E-state index in [2.05, 4.69) is 24.1 Å². The van der Waals surface area contributed by atoms with Crippen LogP contribution in [-0.4, -0.2) is 17.1 Å². The Morgan fingerprint density at radius 1 is 1.44 bits per heavy atom. The van der Waals surface area contributed by atoms with Crippen molar-refractivity contribution >= 4 is 16.8 Å². The summed E-state index contributed by atoms with van der Waals surface area (Å²) in [7, 11) is 0. The van der Waals surface area contributed by atoms with E-state index >= 15 is 0 Å². The number of nitrogens with zero attached hydrogens (tertiary/aromatic N) is 1. The average Bonchev–Trinajstić information content (AvgIpc) is 2.63. The Morgan fingerprint density at radius 2 is 2.25 bits per heavy atom. The highest BCUT2D eigenvalue weighted by Crippen LogP contribution is 2.22. The van der Waals surface area contributed by atoms with E-state index in [1.54, 1.807) is 0 Å². The van der Waals surface area contributed by atoms with Gasteiger partial charge in [-0.2, -0.15) is 0 Å². The van der Waals surface area contributed by atoms with Gasteiger partial charge < -0.3 is 15.5 Å². The van der Waals surface area contributed by atoms with Gasteiger partial charge in [0.2, 0.25) is 0 Å². The molecule has 2 aromatic rings. The third kappa shape index (κ3) is 2.33. The lowest BCUT2D eigenvalue weighted by atomic mass is 10.0. The molecule has 0 fully saturated rings. The largest absolute Gasteiger partial charge is 0.443 e. The van der Waals surface area contributed by atoms with E-state index < -0.39 is 0 Å². The van der Waals surface area contributed by atoms with Crippen molar-refractivity contribution in [1.82, 2.24) is 4.98 Å². The summed E-state index contributed by atoms with van der Waals surface area (Å²) in [5.41, 5.74) is 8.27. The number of nitrogens with one attached hydrogen (secondary N) is 1. The van der Waals surface area contributed by atoms with Crippen molar-refractivity contribution in [3.63, 3.8) is 0 Å². The van der Waals surface area contributed by atoms with Gasteiger partial charge in [-0.05, 0) is 38.9 Å². The second-order valence-corrected chi connectivity index (χ2v) is 4.58. The zero-order chi connectivity index (χ0) is 11.6. The monoisotopic (exact) mass is 219 g/mol. The molecule has 3 N–H and O–H groups in total. The number of oxazole rings is 1. The van der Waals surface area contributed by atoms with Gasteiger partial charge in [0.25, 0.3) is 0 Å². The van der Waals surface area contributed by atoms with Gasteiger partial charge in [0.05, 0.1) is 0 Å². The number of aromatic nitrogens is 1. The Morgan fingerprint density at radius 3 is 3.00 bits per heavy atom. The van der Waals surface area contributed by atoms with Crippen molar-refractivity contribution in [3.05, 3.63) is 24.6 Å². The predicted molar refractivity (Wildman–Crippen MR) is 65.4 cm³/mol. The standard InChI is InChI=1S/C12H17N3O/c1-12(2,5-6-13)15-9-3-4-10-11(7-9)16-8-14-10/h3-4,7-8,15H,5-6,13H2,1-2H3. The molecule has 1 aromatic carbocycles. The van der Waals surface area contributed by atoms with Crippen LogP contribution in [0, 0.1) is 0 Å². The van der Waals surface area contributed by atoms with E-state index in [0.29, 0.717) is 6.54 Å². The van der Waals surface area contributed by atoms with E-state index in [1.807, 2.05) is 18.2 Å². The molecule has 0 bridgehead atoms. The molecule has 4 heteroatoms. The highest BCUT2D eigenvalue weighted by atomic mass is 16.3. The topological polar surface area (TPSA) is 64.1 Å². The minimum atomic E-state index is -0.0115. The maximum absolute atomic E-state index is 5.57. The zero-order valence-corrected chi connectivity index (χ0v) is 9.66. The van der Waals surface area contributed by atoms with Crippen molar-refractivity contribution in [3.8, 4) is 0 Å². The Hall–Kier alpha value is -1.55. The molecule has 4 nitrogen and oxygen atoms in total. The molecule has 0 radical (unpaired) electrons. The zero-order valence-electron chi connectivity index (χ0n) is 9.66. The van der Waals surface area contributed by atoms with Gasteiger partial charge in [-0.1, -0.05) is 0 Å². The van der Waals surface area contributed by atoms with E-state index in [4.69, 9.17) is 10.2 Å². The number of fused-ring (bicyclic) bond motifs is 1. The molecule has 2 rings (SSSR count). The molecule has 0 spiro atoms. The number of benzene rings is 1. The predicted octanol–water partition coefficient (Wildman–Crippen LogP) is 2.37. The number of rotatable bonds is 4. The van der Waals surface area contributed by atoms with Crippen LogP contribution in [0.25, 0.3) is 11.1 Å². The van der Waals surface area contributed by atoms with Gasteiger partial charge in [-0.3, -0.25) is 0 Å². The first-order chi connectivity index (χ1) is 7.61. The molecule has 0 aliphatic rings. The summed E-state index contributed by atoms with van der Waals surface area (Å²) in [6.45, 7) is 4.93. The Balaban J connectivity index is 2.20. The number of nitrogens with two attached hydrogens (primary N) is 1. The molecule has 0 atom stereocenters. The second-order valence-electron chi connectivity index (χ2n) is 4.58. The first-order valence-corrected chi connectivity index (χ1v) is 5.42. The fourth-order valence-corrected chi connectivity index (χ4v) is 1.75. The van der Waals surface area contributed by atoms with Crippen LogP contribution in [0.2, 0.25) is 0 Å². The van der Waals surface area contributed by atoms with Crippen LogP contribution in [0.4, 0.5) is 5.69 Å². The van der Waals surface area contributed by atoms with Gasteiger partial charge in [0.15, 0.2) is 12.0 Å². The fourth-order valence-electron chi connectivity index (χ4n) is 1.75. The lowest BCUT2D eigenvalue weighted by molar-refractivity contribution is 0.526. The molecular weight excluding hydrogens is 202 g/mol. The summed E-state index contributed by atoms with van der Waals surface area (Å²) in [5, 5.41) is 3.43. The average molecular weight is 219 g/mol. The van der Waals surface area contributed by atoms with E-state index in [1.165, 1.54) is 6.39 Å². The van der Waals surface area contributed by atoms with Crippen LogP contribution in [0.5, 0.6) is 0 Å². The molecule has 16 heavy (non-hydrogen) atoms. The second kappa shape index (κ2) is 4.14. The van der Waals surface area contributed by atoms with Crippen LogP contribution in [0.15, 0.2) is 29.0 Å². The van der Waals surface area contributed by atoms with E-state index in [0.717, 1.165) is 23.2 Å². The van der Waals surface area contributed by atoms with Gasteiger partial charge in [-0.15, -0.1) is 0 Å². The molecule has 0 amide bonds. The molecule has 0 unspecified atom stereocenters. The first-order valence-electron chi connectivity index (χ1n) is 5.42. The van der Waals surface area contributed by atoms with Crippen LogP contribution in [0.1, 0.15) is 20.3 Å². The van der Waals surface area contributed by atoms with Gasteiger partial charge in [0, 0.05) is 17.3 Å². The van der Waals surface area contributed by atoms with Gasteiger partial charge in [-0.25, -0.2) is 4.98 Å². The molecule has 0 aliphatic heterocycles. The third-order valence-electron chi connectivity index (χ3n) is 2.58. The summed E-state index contributed by atoms with van der Waals surface area (Å²) in [5.74, 6) is 0. The molecule has 86 valence electrons. The maximum Gasteiger partial charge on any atom is 0.181 e. The SMILES string of the molecule is CC(C)(CCN)Nc1ccc2ncoc2c1. The van der Waals surface area contributed by atoms with Crippen molar-refractivity contribution in [2.75, 3.05) is 11.9 Å². The van der Waals surface area contributed by atoms with Crippen molar-refractivity contribution in [2.24, 2.45) is 5.73 Å². The third-order valence-corrected chi connectivity index (χ3v) is 2.58. The molecular formula is C12H17N3O. The smallest absolute Gasteiger partial charge is 0.181 e. The quantitative estimate of drug-likeness (QED) is 0.828. The molecule has 0 aliphatic carbocycles. The molecule has 0 saturated heterocycles. The van der Waals surface area contributed by atoms with Gasteiger partial charge in [0.1, 0.15) is 5.52 Å². The van der Waals surface area contributed by atoms with Crippen LogP contribution < -0.4 is 11.1 Å². The normalized spacial score (nSPS) is 11.9. The van der Waals surface area contributed by atoms with Crippen molar-refractivity contribution < 1.29 is 4.42 Å². The van der Waals surface area contributed by atoms with E-state index in [9.17, 15) is 0 Å². The van der Waals surface area contributed by atoms with Crippen LogP contribution in [-0.2, 0) is 0 Å².